The van der Waals surface area contributed by atoms with Crippen LogP contribution in [0.3, 0.4) is 0 Å². The van der Waals surface area contributed by atoms with Crippen LogP contribution in [0, 0.1) is 0 Å². The van der Waals surface area contributed by atoms with Gasteiger partial charge in [-0.2, -0.15) is 5.10 Å². The van der Waals surface area contributed by atoms with Crippen LogP contribution < -0.4 is 17.0 Å². The number of anilines is 1. The van der Waals surface area contributed by atoms with Crippen molar-refractivity contribution in [1.29, 1.82) is 0 Å². The van der Waals surface area contributed by atoms with E-state index in [1.54, 1.807) is 24.1 Å². The number of aryl methyl sites for hydroxylation is 1. The van der Waals surface area contributed by atoms with Crippen LogP contribution in [0.15, 0.2) is 12.4 Å². The van der Waals surface area contributed by atoms with E-state index in [4.69, 9.17) is 11.6 Å². The molecule has 2 heterocycles. The highest BCUT2D eigenvalue weighted by molar-refractivity contribution is 5.42. The van der Waals surface area contributed by atoms with Crippen LogP contribution in [-0.2, 0) is 7.05 Å². The summed E-state index contributed by atoms with van der Waals surface area (Å²) in [5.74, 6) is 5.95. The smallest absolute Gasteiger partial charge is 0.124 e. The molecule has 0 aliphatic carbocycles. The molecule has 2 aromatic heterocycles. The Balaban J connectivity index is 2.41. The molecular weight excluding hydrogens is 196 g/mol. The van der Waals surface area contributed by atoms with Crippen LogP contribution in [0.5, 0.6) is 0 Å². The van der Waals surface area contributed by atoms with Gasteiger partial charge < -0.3 is 5.73 Å². The second-order valence-corrected chi connectivity index (χ2v) is 3.12. The molecule has 0 fully saturated rings. The average molecular weight is 208 g/mol. The minimum absolute atomic E-state index is 0.274. The molecule has 0 aliphatic rings. The van der Waals surface area contributed by atoms with Gasteiger partial charge in [-0.15, -0.1) is 5.10 Å². The summed E-state index contributed by atoms with van der Waals surface area (Å²) in [5.41, 5.74) is 9.93. The summed E-state index contributed by atoms with van der Waals surface area (Å²) in [6, 6.07) is -0.274. The summed E-state index contributed by atoms with van der Waals surface area (Å²) in [7, 11) is 1.78. The normalized spacial score (nSPS) is 12.9. The molecule has 0 saturated heterocycles. The predicted molar refractivity (Wildman–Crippen MR) is 53.2 cm³/mol. The Morgan fingerprint density at radius 2 is 2.33 bits per heavy atom. The molecular formula is C7H12N8. The summed E-state index contributed by atoms with van der Waals surface area (Å²) < 4.78 is 1.62. The Kier molecular flexibility index (Phi) is 2.35. The lowest BCUT2D eigenvalue weighted by Crippen LogP contribution is -2.30. The second kappa shape index (κ2) is 3.67. The molecule has 0 spiro atoms. The minimum atomic E-state index is -0.274. The maximum Gasteiger partial charge on any atom is 0.124 e. The second-order valence-electron chi connectivity index (χ2n) is 3.12. The topological polar surface area (TPSA) is 123 Å². The molecule has 2 rings (SSSR count). The molecule has 8 heteroatoms. The van der Waals surface area contributed by atoms with Gasteiger partial charge in [-0.3, -0.25) is 15.6 Å². The first kappa shape index (κ1) is 9.62. The molecule has 1 unspecified atom stereocenters. The Bertz CT molecular complexity index is 403. The predicted octanol–water partition coefficient (Wildman–Crippen LogP) is -1.33. The van der Waals surface area contributed by atoms with Crippen molar-refractivity contribution in [2.75, 3.05) is 5.73 Å². The van der Waals surface area contributed by atoms with Gasteiger partial charge in [-0.25, -0.2) is 5.43 Å². The molecule has 8 nitrogen and oxygen atoms in total. The van der Waals surface area contributed by atoms with Crippen LogP contribution in [0.4, 0.5) is 5.82 Å². The number of nitrogen functional groups attached to an aromatic ring is 1. The lowest BCUT2D eigenvalue weighted by molar-refractivity contribution is 0.571. The minimum Gasteiger partial charge on any atom is -0.384 e. The first-order valence-corrected chi connectivity index (χ1v) is 4.33. The Morgan fingerprint density at radius 3 is 2.80 bits per heavy atom. The quantitative estimate of drug-likeness (QED) is 0.366. The zero-order chi connectivity index (χ0) is 10.8. The van der Waals surface area contributed by atoms with Gasteiger partial charge in [0.05, 0.1) is 24.1 Å². The standard InChI is InChI=1S/C7H12N8/c1-15-5(3-11-14-15)6(12-9)4-2-10-13-7(4)8/h2-3,6,12H,9H2,1H3,(H3,8,10,13). The zero-order valence-corrected chi connectivity index (χ0v) is 8.18. The van der Waals surface area contributed by atoms with Crippen molar-refractivity contribution >= 4 is 5.82 Å². The molecule has 0 aromatic carbocycles. The largest absolute Gasteiger partial charge is 0.384 e. The molecule has 1 atom stereocenters. The van der Waals surface area contributed by atoms with Gasteiger partial charge in [-0.1, -0.05) is 5.21 Å². The fourth-order valence-corrected chi connectivity index (χ4v) is 1.43. The number of hydrogen-bond donors (Lipinski definition) is 4. The van der Waals surface area contributed by atoms with Gasteiger partial charge in [0, 0.05) is 12.6 Å². The van der Waals surface area contributed by atoms with Crippen molar-refractivity contribution in [2.24, 2.45) is 12.9 Å². The highest BCUT2D eigenvalue weighted by atomic mass is 15.4. The fourth-order valence-electron chi connectivity index (χ4n) is 1.43. The summed E-state index contributed by atoms with van der Waals surface area (Å²) in [6.45, 7) is 0. The van der Waals surface area contributed by atoms with Crippen molar-refractivity contribution in [3.63, 3.8) is 0 Å². The van der Waals surface area contributed by atoms with Crippen LogP contribution in [0.2, 0.25) is 0 Å². The van der Waals surface area contributed by atoms with Gasteiger partial charge in [0.2, 0.25) is 0 Å². The van der Waals surface area contributed by atoms with Gasteiger partial charge in [0.15, 0.2) is 0 Å². The monoisotopic (exact) mass is 208 g/mol. The Morgan fingerprint density at radius 1 is 1.53 bits per heavy atom. The van der Waals surface area contributed by atoms with E-state index >= 15 is 0 Å². The van der Waals surface area contributed by atoms with E-state index in [-0.39, 0.29) is 6.04 Å². The third-order valence-corrected chi connectivity index (χ3v) is 2.22. The van der Waals surface area contributed by atoms with E-state index in [1.165, 1.54) is 0 Å². The number of nitrogens with two attached hydrogens (primary N) is 2. The van der Waals surface area contributed by atoms with E-state index < -0.39 is 0 Å². The molecule has 15 heavy (non-hydrogen) atoms. The molecule has 0 amide bonds. The van der Waals surface area contributed by atoms with Crippen molar-refractivity contribution < 1.29 is 0 Å². The molecule has 2 aromatic rings. The third kappa shape index (κ3) is 1.55. The first-order chi connectivity index (χ1) is 7.24. The van der Waals surface area contributed by atoms with Crippen molar-refractivity contribution in [3.05, 3.63) is 23.7 Å². The molecule has 0 saturated carbocycles. The summed E-state index contributed by atoms with van der Waals surface area (Å²) in [6.07, 6.45) is 3.24. The average Bonchev–Trinajstić information content (AvgIpc) is 2.80. The van der Waals surface area contributed by atoms with Gasteiger partial charge in [0.1, 0.15) is 5.82 Å². The molecule has 80 valence electrons. The van der Waals surface area contributed by atoms with Gasteiger partial charge in [-0.05, 0) is 0 Å². The highest BCUT2D eigenvalue weighted by Gasteiger charge is 2.20. The van der Waals surface area contributed by atoms with E-state index in [0.29, 0.717) is 5.82 Å². The van der Waals surface area contributed by atoms with Crippen molar-refractivity contribution in [2.45, 2.75) is 6.04 Å². The van der Waals surface area contributed by atoms with Crippen LogP contribution in [-0.4, -0.2) is 25.2 Å². The maximum atomic E-state index is 5.71. The first-order valence-electron chi connectivity index (χ1n) is 4.33. The molecule has 0 bridgehead atoms. The summed E-state index contributed by atoms with van der Waals surface area (Å²) >= 11 is 0. The van der Waals surface area contributed by atoms with Crippen LogP contribution >= 0.6 is 0 Å². The number of nitrogens with one attached hydrogen (secondary N) is 2. The molecule has 6 N–H and O–H groups in total. The maximum absolute atomic E-state index is 5.71. The van der Waals surface area contributed by atoms with Crippen molar-refractivity contribution in [1.82, 2.24) is 30.6 Å². The number of nitrogens with zero attached hydrogens (tertiary/aromatic N) is 4. The number of H-pyrrole nitrogens is 1. The highest BCUT2D eigenvalue weighted by Crippen LogP contribution is 2.22. The zero-order valence-electron chi connectivity index (χ0n) is 8.18. The van der Waals surface area contributed by atoms with Crippen molar-refractivity contribution in [3.8, 4) is 0 Å². The fraction of sp³-hybridized carbons (Fsp3) is 0.286. The van der Waals surface area contributed by atoms with E-state index in [1.807, 2.05) is 0 Å². The van der Waals surface area contributed by atoms with Crippen LogP contribution in [0.1, 0.15) is 17.3 Å². The lowest BCUT2D eigenvalue weighted by atomic mass is 10.1. The lowest BCUT2D eigenvalue weighted by Gasteiger charge is -2.14. The van der Waals surface area contributed by atoms with Gasteiger partial charge >= 0.3 is 0 Å². The molecule has 0 radical (unpaired) electrons. The number of aromatic nitrogens is 5. The Labute approximate surface area is 85.6 Å². The van der Waals surface area contributed by atoms with E-state index in [2.05, 4.69) is 25.9 Å². The van der Waals surface area contributed by atoms with Gasteiger partial charge in [0.25, 0.3) is 0 Å². The SMILES string of the molecule is Cn1nncc1C(NN)c1cn[nH]c1N. The van der Waals surface area contributed by atoms with E-state index in [9.17, 15) is 0 Å². The van der Waals surface area contributed by atoms with E-state index in [0.717, 1.165) is 11.3 Å². The summed E-state index contributed by atoms with van der Waals surface area (Å²) in [4.78, 5) is 0. The number of hydrazine groups is 1. The summed E-state index contributed by atoms with van der Waals surface area (Å²) in [5, 5.41) is 14.1. The number of rotatable bonds is 3. The Hall–Kier alpha value is -1.93. The third-order valence-electron chi connectivity index (χ3n) is 2.22. The molecule has 0 aliphatic heterocycles. The number of aromatic amines is 1. The van der Waals surface area contributed by atoms with Crippen LogP contribution in [0.25, 0.3) is 0 Å². The number of hydrogen-bond acceptors (Lipinski definition) is 6.